The molecular weight excluding hydrogens is 344 g/mol. The molecule has 3 aromatic rings. The minimum absolute atomic E-state index is 0.168. The van der Waals surface area contributed by atoms with Gasteiger partial charge in [0, 0.05) is 12.1 Å². The van der Waals surface area contributed by atoms with Crippen molar-refractivity contribution in [1.29, 1.82) is 0 Å². The number of methoxy groups -OCH3 is 2. The summed E-state index contributed by atoms with van der Waals surface area (Å²) in [5.41, 5.74) is 2.33. The molecule has 136 valence electrons. The fourth-order valence-electron chi connectivity index (χ4n) is 2.26. The third-order valence-corrected chi connectivity index (χ3v) is 3.63. The van der Waals surface area contributed by atoms with Crippen LogP contribution in [0.2, 0.25) is 0 Å². The summed E-state index contributed by atoms with van der Waals surface area (Å²) in [6.07, 6.45) is 0. The highest BCUT2D eigenvalue weighted by molar-refractivity contribution is 5.66. The number of hydrogen-bond donors (Lipinski definition) is 1. The van der Waals surface area contributed by atoms with E-state index in [-0.39, 0.29) is 5.75 Å². The first-order valence-corrected chi connectivity index (χ1v) is 8.13. The summed E-state index contributed by atoms with van der Waals surface area (Å²) in [5, 5.41) is 26.1. The van der Waals surface area contributed by atoms with E-state index >= 15 is 0 Å². The first-order chi connectivity index (χ1) is 13.2. The molecule has 0 saturated heterocycles. The van der Waals surface area contributed by atoms with E-state index in [2.05, 4.69) is 20.5 Å². The number of nitrogens with zero attached hydrogens (tertiary/aromatic N) is 4. The summed E-state index contributed by atoms with van der Waals surface area (Å²) >= 11 is 0. The first-order valence-electron chi connectivity index (χ1n) is 8.13. The van der Waals surface area contributed by atoms with Gasteiger partial charge in [0.1, 0.15) is 28.6 Å². The molecule has 0 aliphatic heterocycles. The number of hydrogen-bond acceptors (Lipinski definition) is 7. The van der Waals surface area contributed by atoms with Crippen LogP contribution in [0, 0.1) is 0 Å². The number of azo groups is 2. The minimum atomic E-state index is 0.168. The van der Waals surface area contributed by atoms with Crippen LogP contribution >= 0.6 is 0 Å². The summed E-state index contributed by atoms with van der Waals surface area (Å²) in [6.45, 7) is 0. The van der Waals surface area contributed by atoms with Crippen LogP contribution in [-0.2, 0) is 0 Å². The van der Waals surface area contributed by atoms with E-state index in [0.29, 0.717) is 28.6 Å². The highest BCUT2D eigenvalue weighted by atomic mass is 16.5. The van der Waals surface area contributed by atoms with E-state index in [4.69, 9.17) is 9.47 Å². The second-order valence-corrected chi connectivity index (χ2v) is 5.45. The molecule has 0 heterocycles. The largest absolute Gasteiger partial charge is 0.508 e. The Morgan fingerprint density at radius 3 is 1.59 bits per heavy atom. The van der Waals surface area contributed by atoms with Gasteiger partial charge in [-0.05, 0) is 36.4 Å². The molecule has 7 nitrogen and oxygen atoms in total. The van der Waals surface area contributed by atoms with E-state index in [0.717, 1.165) is 5.69 Å². The van der Waals surface area contributed by atoms with E-state index in [9.17, 15) is 5.11 Å². The zero-order valence-corrected chi connectivity index (χ0v) is 14.9. The number of aromatic hydroxyl groups is 1. The Labute approximate surface area is 156 Å². The van der Waals surface area contributed by atoms with Crippen LogP contribution in [0.4, 0.5) is 22.7 Å². The van der Waals surface area contributed by atoms with Crippen molar-refractivity contribution in [2.75, 3.05) is 14.2 Å². The number of ether oxygens (including phenoxy) is 2. The Morgan fingerprint density at radius 1 is 0.630 bits per heavy atom. The van der Waals surface area contributed by atoms with Gasteiger partial charge in [-0.3, -0.25) is 0 Å². The summed E-state index contributed by atoms with van der Waals surface area (Å²) in [6, 6.07) is 19.2. The molecule has 1 N–H and O–H groups in total. The fourth-order valence-corrected chi connectivity index (χ4v) is 2.26. The van der Waals surface area contributed by atoms with Crippen LogP contribution in [0.3, 0.4) is 0 Å². The minimum Gasteiger partial charge on any atom is -0.508 e. The molecular formula is C20H18N4O3. The van der Waals surface area contributed by atoms with Crippen molar-refractivity contribution in [3.63, 3.8) is 0 Å². The van der Waals surface area contributed by atoms with Gasteiger partial charge in [0.05, 0.1) is 25.6 Å². The molecule has 0 saturated carbocycles. The van der Waals surface area contributed by atoms with Gasteiger partial charge in [0.15, 0.2) is 0 Å². The maximum Gasteiger partial charge on any atom is 0.148 e. The monoisotopic (exact) mass is 362 g/mol. The second kappa shape index (κ2) is 8.57. The Bertz CT molecular complexity index is 955. The van der Waals surface area contributed by atoms with Gasteiger partial charge in [0.25, 0.3) is 0 Å². The summed E-state index contributed by atoms with van der Waals surface area (Å²) < 4.78 is 10.8. The molecule has 0 aliphatic carbocycles. The Kier molecular flexibility index (Phi) is 5.73. The molecule has 0 aromatic heterocycles. The van der Waals surface area contributed by atoms with Crippen LogP contribution in [0.15, 0.2) is 87.2 Å². The topological polar surface area (TPSA) is 88.1 Å². The molecule has 0 amide bonds. The number of phenolic OH excluding ortho intramolecular Hbond substituents is 1. The standard InChI is InChI=1S/C20H18N4O3/c1-26-19-13-18(24-22-15-8-10-16(25)11-9-15)20(27-2)12-17(19)23-21-14-6-4-3-5-7-14/h3-13,25H,1-2H3. The van der Waals surface area contributed by atoms with E-state index in [1.165, 1.54) is 0 Å². The third kappa shape index (κ3) is 4.66. The van der Waals surface area contributed by atoms with Gasteiger partial charge in [0.2, 0.25) is 0 Å². The normalized spacial score (nSPS) is 11.2. The summed E-state index contributed by atoms with van der Waals surface area (Å²) in [4.78, 5) is 0. The van der Waals surface area contributed by atoms with Crippen molar-refractivity contribution >= 4 is 22.7 Å². The first kappa shape index (κ1) is 18.1. The smallest absolute Gasteiger partial charge is 0.148 e. The number of phenols is 1. The molecule has 3 aromatic carbocycles. The molecule has 0 atom stereocenters. The molecule has 7 heteroatoms. The molecule has 3 rings (SSSR count). The Balaban J connectivity index is 1.91. The maximum atomic E-state index is 9.33. The molecule has 0 bridgehead atoms. The fraction of sp³-hybridized carbons (Fsp3) is 0.100. The van der Waals surface area contributed by atoms with E-state index in [1.54, 1.807) is 50.6 Å². The van der Waals surface area contributed by atoms with E-state index in [1.807, 2.05) is 30.3 Å². The van der Waals surface area contributed by atoms with Crippen LogP contribution in [0.25, 0.3) is 0 Å². The lowest BCUT2D eigenvalue weighted by Crippen LogP contribution is -1.87. The quantitative estimate of drug-likeness (QED) is 0.526. The van der Waals surface area contributed by atoms with Crippen molar-refractivity contribution in [2.45, 2.75) is 0 Å². The maximum absolute atomic E-state index is 9.33. The predicted octanol–water partition coefficient (Wildman–Crippen LogP) is 6.24. The molecule has 27 heavy (non-hydrogen) atoms. The zero-order chi connectivity index (χ0) is 19.1. The Hall–Kier alpha value is -3.74. The van der Waals surface area contributed by atoms with Crippen LogP contribution in [-0.4, -0.2) is 19.3 Å². The van der Waals surface area contributed by atoms with Crippen molar-refractivity contribution in [3.8, 4) is 17.2 Å². The van der Waals surface area contributed by atoms with Crippen molar-refractivity contribution < 1.29 is 14.6 Å². The van der Waals surface area contributed by atoms with Crippen molar-refractivity contribution in [1.82, 2.24) is 0 Å². The van der Waals surface area contributed by atoms with Gasteiger partial charge in [-0.15, -0.1) is 10.2 Å². The lowest BCUT2D eigenvalue weighted by molar-refractivity contribution is 0.405. The molecule has 0 unspecified atom stereocenters. The number of benzene rings is 3. The van der Waals surface area contributed by atoms with Gasteiger partial charge in [-0.1, -0.05) is 18.2 Å². The third-order valence-electron chi connectivity index (χ3n) is 3.63. The van der Waals surface area contributed by atoms with Gasteiger partial charge in [-0.25, -0.2) is 0 Å². The summed E-state index contributed by atoms with van der Waals surface area (Å²) in [7, 11) is 3.09. The second-order valence-electron chi connectivity index (χ2n) is 5.45. The zero-order valence-electron chi connectivity index (χ0n) is 14.9. The highest BCUT2D eigenvalue weighted by Gasteiger charge is 2.11. The average Bonchev–Trinajstić information content (AvgIpc) is 2.72. The van der Waals surface area contributed by atoms with Crippen LogP contribution in [0.5, 0.6) is 17.2 Å². The number of rotatable bonds is 6. The average molecular weight is 362 g/mol. The SMILES string of the molecule is COc1cc(N=Nc2ccc(O)cc2)c(OC)cc1N=Nc1ccccc1. The van der Waals surface area contributed by atoms with Crippen molar-refractivity contribution in [2.24, 2.45) is 20.5 Å². The van der Waals surface area contributed by atoms with Gasteiger partial charge >= 0.3 is 0 Å². The highest BCUT2D eigenvalue weighted by Crippen LogP contribution is 2.40. The van der Waals surface area contributed by atoms with Crippen LogP contribution in [0.1, 0.15) is 0 Å². The Morgan fingerprint density at radius 2 is 1.11 bits per heavy atom. The lowest BCUT2D eigenvalue weighted by atomic mass is 10.2. The molecule has 0 aliphatic rings. The lowest BCUT2D eigenvalue weighted by Gasteiger charge is -2.09. The predicted molar refractivity (Wildman–Crippen MR) is 102 cm³/mol. The van der Waals surface area contributed by atoms with Gasteiger partial charge < -0.3 is 14.6 Å². The van der Waals surface area contributed by atoms with E-state index < -0.39 is 0 Å². The summed E-state index contributed by atoms with van der Waals surface area (Å²) in [5.74, 6) is 1.15. The molecule has 0 fully saturated rings. The molecule has 0 spiro atoms. The van der Waals surface area contributed by atoms with Crippen molar-refractivity contribution in [3.05, 3.63) is 66.7 Å². The van der Waals surface area contributed by atoms with Crippen LogP contribution < -0.4 is 9.47 Å². The molecule has 0 radical (unpaired) electrons. The van der Waals surface area contributed by atoms with Gasteiger partial charge in [-0.2, -0.15) is 10.2 Å².